The maximum absolute atomic E-state index is 4.08. The van der Waals surface area contributed by atoms with Crippen molar-refractivity contribution in [1.82, 2.24) is 4.90 Å². The first-order valence-corrected chi connectivity index (χ1v) is 6.17. The van der Waals surface area contributed by atoms with Crippen LogP contribution in [0.3, 0.4) is 0 Å². The Morgan fingerprint density at radius 3 is 2.76 bits per heavy atom. The van der Waals surface area contributed by atoms with Gasteiger partial charge < -0.3 is 4.90 Å². The minimum atomic E-state index is 0.450. The fraction of sp³-hybridized carbons (Fsp3) is 0.375. The zero-order valence-electron chi connectivity index (χ0n) is 11.4. The molecule has 0 aromatic rings. The summed E-state index contributed by atoms with van der Waals surface area (Å²) in [4.78, 5) is 2.26. The SMILES string of the molecule is C=C(C)N1CC=CC=CC(C)C(C)=C1C=CC. The third-order valence-corrected chi connectivity index (χ3v) is 3.10. The monoisotopic (exact) mass is 229 g/mol. The van der Waals surface area contributed by atoms with Crippen molar-refractivity contribution >= 4 is 0 Å². The molecule has 1 unspecified atom stereocenters. The van der Waals surface area contributed by atoms with Crippen molar-refractivity contribution < 1.29 is 0 Å². The summed E-state index contributed by atoms with van der Waals surface area (Å²) in [6.45, 7) is 13.5. The molecule has 0 spiro atoms. The second-order valence-corrected chi connectivity index (χ2v) is 4.52. The Morgan fingerprint density at radius 2 is 2.18 bits per heavy atom. The van der Waals surface area contributed by atoms with E-state index in [1.807, 2.05) is 0 Å². The summed E-state index contributed by atoms with van der Waals surface area (Å²) in [7, 11) is 0. The minimum absolute atomic E-state index is 0.450. The van der Waals surface area contributed by atoms with Gasteiger partial charge >= 0.3 is 0 Å². The van der Waals surface area contributed by atoms with Gasteiger partial charge in [0, 0.05) is 17.9 Å². The van der Waals surface area contributed by atoms with Crippen molar-refractivity contribution in [3.63, 3.8) is 0 Å². The molecule has 0 aromatic heterocycles. The fourth-order valence-corrected chi connectivity index (χ4v) is 1.91. The van der Waals surface area contributed by atoms with Crippen LogP contribution in [0.15, 0.2) is 60.0 Å². The van der Waals surface area contributed by atoms with E-state index in [0.717, 1.165) is 12.2 Å². The van der Waals surface area contributed by atoms with Gasteiger partial charge in [-0.05, 0) is 38.3 Å². The predicted molar refractivity (Wildman–Crippen MR) is 76.5 cm³/mol. The quantitative estimate of drug-likeness (QED) is 0.677. The molecule has 0 saturated heterocycles. The van der Waals surface area contributed by atoms with E-state index in [4.69, 9.17) is 0 Å². The third-order valence-electron chi connectivity index (χ3n) is 3.10. The molecule has 92 valence electrons. The van der Waals surface area contributed by atoms with Gasteiger partial charge in [0.05, 0.1) is 0 Å². The van der Waals surface area contributed by atoms with E-state index in [2.05, 4.69) is 75.6 Å². The Morgan fingerprint density at radius 1 is 1.47 bits per heavy atom. The van der Waals surface area contributed by atoms with Crippen molar-refractivity contribution in [1.29, 1.82) is 0 Å². The van der Waals surface area contributed by atoms with Gasteiger partial charge in [-0.1, -0.05) is 43.9 Å². The molecular formula is C16H23N. The van der Waals surface area contributed by atoms with E-state index < -0.39 is 0 Å². The molecule has 0 saturated carbocycles. The molecule has 0 bridgehead atoms. The first-order valence-electron chi connectivity index (χ1n) is 6.17. The lowest BCUT2D eigenvalue weighted by Crippen LogP contribution is -2.21. The first-order chi connectivity index (χ1) is 8.07. The van der Waals surface area contributed by atoms with Crippen molar-refractivity contribution in [3.8, 4) is 0 Å². The zero-order chi connectivity index (χ0) is 12.8. The van der Waals surface area contributed by atoms with E-state index in [0.29, 0.717) is 5.92 Å². The Kier molecular flexibility index (Phi) is 5.02. The fourth-order valence-electron chi connectivity index (χ4n) is 1.91. The molecule has 0 aliphatic carbocycles. The molecule has 0 fully saturated rings. The van der Waals surface area contributed by atoms with Crippen LogP contribution in [0.2, 0.25) is 0 Å². The summed E-state index contributed by atoms with van der Waals surface area (Å²) >= 11 is 0. The number of nitrogens with zero attached hydrogens (tertiary/aromatic N) is 1. The summed E-state index contributed by atoms with van der Waals surface area (Å²) in [6.07, 6.45) is 12.9. The summed E-state index contributed by atoms with van der Waals surface area (Å²) in [5.74, 6) is 0.450. The summed E-state index contributed by atoms with van der Waals surface area (Å²) in [6, 6.07) is 0. The largest absolute Gasteiger partial charge is 0.342 e. The molecule has 1 atom stereocenters. The van der Waals surface area contributed by atoms with Gasteiger partial charge in [-0.2, -0.15) is 0 Å². The van der Waals surface area contributed by atoms with Crippen LogP contribution in [0.4, 0.5) is 0 Å². The van der Waals surface area contributed by atoms with Crippen LogP contribution in [-0.4, -0.2) is 11.4 Å². The lowest BCUT2D eigenvalue weighted by atomic mass is 9.99. The molecule has 1 aliphatic heterocycles. The average molecular weight is 229 g/mol. The molecule has 1 rings (SSSR count). The van der Waals surface area contributed by atoms with Gasteiger partial charge in [-0.15, -0.1) is 0 Å². The zero-order valence-corrected chi connectivity index (χ0v) is 11.4. The molecule has 0 N–H and O–H groups in total. The molecule has 0 aromatic carbocycles. The second kappa shape index (κ2) is 6.29. The van der Waals surface area contributed by atoms with Crippen LogP contribution < -0.4 is 0 Å². The van der Waals surface area contributed by atoms with E-state index >= 15 is 0 Å². The molecule has 1 aliphatic rings. The van der Waals surface area contributed by atoms with E-state index in [1.54, 1.807) is 0 Å². The van der Waals surface area contributed by atoms with Crippen molar-refractivity contribution in [3.05, 3.63) is 60.0 Å². The Balaban J connectivity index is 3.26. The number of rotatable bonds is 2. The highest BCUT2D eigenvalue weighted by Gasteiger charge is 2.13. The summed E-state index contributed by atoms with van der Waals surface area (Å²) < 4.78 is 0. The maximum atomic E-state index is 4.08. The molecule has 17 heavy (non-hydrogen) atoms. The Hall–Kier alpha value is -1.50. The maximum Gasteiger partial charge on any atom is 0.0411 e. The average Bonchev–Trinajstić information content (AvgIpc) is 2.34. The van der Waals surface area contributed by atoms with Gasteiger partial charge in [-0.25, -0.2) is 0 Å². The van der Waals surface area contributed by atoms with Gasteiger partial charge in [0.15, 0.2) is 0 Å². The highest BCUT2D eigenvalue weighted by Crippen LogP contribution is 2.24. The number of hydrogen-bond donors (Lipinski definition) is 0. The van der Waals surface area contributed by atoms with Crippen LogP contribution >= 0.6 is 0 Å². The van der Waals surface area contributed by atoms with Gasteiger partial charge in [-0.3, -0.25) is 0 Å². The number of hydrogen-bond acceptors (Lipinski definition) is 1. The molecule has 1 heterocycles. The minimum Gasteiger partial charge on any atom is -0.342 e. The van der Waals surface area contributed by atoms with Gasteiger partial charge in [0.25, 0.3) is 0 Å². The van der Waals surface area contributed by atoms with E-state index in [-0.39, 0.29) is 0 Å². The normalized spacial score (nSPS) is 21.6. The smallest absolute Gasteiger partial charge is 0.0411 e. The van der Waals surface area contributed by atoms with Crippen LogP contribution in [0, 0.1) is 5.92 Å². The van der Waals surface area contributed by atoms with Gasteiger partial charge in [0.2, 0.25) is 0 Å². The Labute approximate surface area is 106 Å². The first kappa shape index (κ1) is 13.6. The van der Waals surface area contributed by atoms with Crippen molar-refractivity contribution in [2.24, 2.45) is 5.92 Å². The molecule has 1 nitrogen and oxygen atoms in total. The summed E-state index contributed by atoms with van der Waals surface area (Å²) in [5, 5.41) is 0. The van der Waals surface area contributed by atoms with Crippen molar-refractivity contribution in [2.45, 2.75) is 27.7 Å². The highest BCUT2D eigenvalue weighted by molar-refractivity contribution is 5.31. The number of allylic oxidation sites excluding steroid dienone is 7. The van der Waals surface area contributed by atoms with Crippen LogP contribution in [0.1, 0.15) is 27.7 Å². The Bertz CT molecular complexity index is 394. The van der Waals surface area contributed by atoms with Crippen LogP contribution in [0.25, 0.3) is 0 Å². The topological polar surface area (TPSA) is 3.24 Å². The standard InChI is InChI=1S/C16H23N/c1-6-10-16-15(5)14(4)11-8-7-9-12-17(16)13(2)3/h6-11,14H,2,12H2,1,3-5H3. The summed E-state index contributed by atoms with van der Waals surface area (Å²) in [5.41, 5.74) is 3.73. The molecule has 0 radical (unpaired) electrons. The molecule has 1 heteroatoms. The van der Waals surface area contributed by atoms with E-state index in [1.165, 1.54) is 11.3 Å². The second-order valence-electron chi connectivity index (χ2n) is 4.52. The van der Waals surface area contributed by atoms with Crippen molar-refractivity contribution in [2.75, 3.05) is 6.54 Å². The lowest BCUT2D eigenvalue weighted by Gasteiger charge is -2.27. The van der Waals surface area contributed by atoms with Crippen LogP contribution in [-0.2, 0) is 0 Å². The molecule has 0 amide bonds. The lowest BCUT2D eigenvalue weighted by molar-refractivity contribution is 0.480. The van der Waals surface area contributed by atoms with Gasteiger partial charge in [0.1, 0.15) is 0 Å². The highest BCUT2D eigenvalue weighted by atomic mass is 15.1. The predicted octanol–water partition coefficient (Wildman–Crippen LogP) is 4.43. The molecular weight excluding hydrogens is 206 g/mol. The van der Waals surface area contributed by atoms with Crippen LogP contribution in [0.5, 0.6) is 0 Å². The third kappa shape index (κ3) is 3.48. The van der Waals surface area contributed by atoms with E-state index in [9.17, 15) is 0 Å².